The molecule has 0 radical (unpaired) electrons. The molecule has 2 rings (SSSR count). The summed E-state index contributed by atoms with van der Waals surface area (Å²) < 4.78 is 38.3. The normalized spacial score (nSPS) is 11.2. The molecule has 0 aliphatic heterocycles. The molecule has 0 bridgehead atoms. The number of carbonyl (C=O) groups is 1. The summed E-state index contributed by atoms with van der Waals surface area (Å²) in [6.45, 7) is 7.08. The Hall–Kier alpha value is -2.74. The Bertz CT molecular complexity index is 878. The molecule has 2 N–H and O–H groups in total. The third kappa shape index (κ3) is 7.65. The zero-order valence-electron chi connectivity index (χ0n) is 17.0. The summed E-state index contributed by atoms with van der Waals surface area (Å²) in [5, 5.41) is 2.78. The van der Waals surface area contributed by atoms with Crippen molar-refractivity contribution in [3.63, 3.8) is 0 Å². The molecule has 7 nitrogen and oxygen atoms in total. The Labute approximate surface area is 172 Å². The minimum Gasteiger partial charge on any atom is -0.494 e. The number of benzene rings is 2. The van der Waals surface area contributed by atoms with Crippen LogP contribution < -0.4 is 19.5 Å². The van der Waals surface area contributed by atoms with Crippen LogP contribution in [0, 0.1) is 5.92 Å². The fraction of sp³-hybridized carbons (Fsp3) is 0.381. The Morgan fingerprint density at radius 1 is 0.966 bits per heavy atom. The van der Waals surface area contributed by atoms with Crippen LogP contribution in [0.15, 0.2) is 53.4 Å². The molecular formula is C21H28N2O5S. The van der Waals surface area contributed by atoms with Crippen molar-refractivity contribution < 1.29 is 22.7 Å². The average Bonchev–Trinajstić information content (AvgIpc) is 2.68. The monoisotopic (exact) mass is 420 g/mol. The predicted molar refractivity (Wildman–Crippen MR) is 113 cm³/mol. The maximum absolute atomic E-state index is 12.5. The van der Waals surface area contributed by atoms with Gasteiger partial charge in [0.1, 0.15) is 11.5 Å². The zero-order chi connectivity index (χ0) is 21.3. The van der Waals surface area contributed by atoms with Crippen molar-refractivity contribution in [3.8, 4) is 11.5 Å². The van der Waals surface area contributed by atoms with Crippen molar-refractivity contribution in [2.45, 2.75) is 32.1 Å². The van der Waals surface area contributed by atoms with Crippen LogP contribution in [0.4, 0.5) is 5.69 Å². The molecule has 0 aliphatic carbocycles. The Balaban J connectivity index is 1.90. The minimum absolute atomic E-state index is 0.0973. The number of sulfonamides is 1. The van der Waals surface area contributed by atoms with E-state index in [9.17, 15) is 13.2 Å². The molecule has 0 unspecified atom stereocenters. The third-order valence-electron chi connectivity index (χ3n) is 3.97. The number of hydrogen-bond acceptors (Lipinski definition) is 5. The smallest absolute Gasteiger partial charge is 0.261 e. The molecule has 0 aromatic heterocycles. The Morgan fingerprint density at radius 2 is 1.55 bits per heavy atom. The van der Waals surface area contributed by atoms with Gasteiger partial charge in [-0.05, 0) is 67.8 Å². The van der Waals surface area contributed by atoms with Crippen molar-refractivity contribution in [2.24, 2.45) is 5.92 Å². The van der Waals surface area contributed by atoms with Crippen molar-refractivity contribution in [2.75, 3.05) is 24.5 Å². The van der Waals surface area contributed by atoms with Gasteiger partial charge in [0.2, 0.25) is 0 Å². The van der Waals surface area contributed by atoms with Gasteiger partial charge >= 0.3 is 0 Å². The number of anilines is 1. The van der Waals surface area contributed by atoms with Crippen molar-refractivity contribution in [3.05, 3.63) is 48.5 Å². The molecule has 0 spiro atoms. The molecule has 1 amide bonds. The number of amides is 1. The molecule has 8 heteroatoms. The average molecular weight is 421 g/mol. The van der Waals surface area contributed by atoms with E-state index in [2.05, 4.69) is 23.9 Å². The highest BCUT2D eigenvalue weighted by Gasteiger charge is 2.14. The first-order chi connectivity index (χ1) is 13.8. The van der Waals surface area contributed by atoms with E-state index in [1.165, 1.54) is 24.3 Å². The second-order valence-corrected chi connectivity index (χ2v) is 8.54. The van der Waals surface area contributed by atoms with Gasteiger partial charge in [0, 0.05) is 12.2 Å². The summed E-state index contributed by atoms with van der Waals surface area (Å²) in [6.07, 6.45) is 0.902. The summed E-state index contributed by atoms with van der Waals surface area (Å²) >= 11 is 0. The molecule has 0 heterocycles. The quantitative estimate of drug-likeness (QED) is 0.581. The topological polar surface area (TPSA) is 93.7 Å². The molecule has 158 valence electrons. The molecule has 2 aromatic rings. The lowest BCUT2D eigenvalue weighted by Crippen LogP contribution is -2.30. The first kappa shape index (κ1) is 22.5. The first-order valence-corrected chi connectivity index (χ1v) is 11.0. The van der Waals surface area contributed by atoms with Gasteiger partial charge in [-0.2, -0.15) is 0 Å². The van der Waals surface area contributed by atoms with E-state index < -0.39 is 10.0 Å². The largest absolute Gasteiger partial charge is 0.494 e. The van der Waals surface area contributed by atoms with Gasteiger partial charge in [-0.15, -0.1) is 0 Å². The summed E-state index contributed by atoms with van der Waals surface area (Å²) in [5.41, 5.74) is 0.437. The van der Waals surface area contributed by atoms with Crippen molar-refractivity contribution in [1.29, 1.82) is 0 Å². The van der Waals surface area contributed by atoms with Gasteiger partial charge in [-0.25, -0.2) is 8.42 Å². The van der Waals surface area contributed by atoms with Gasteiger partial charge in [0.15, 0.2) is 6.61 Å². The van der Waals surface area contributed by atoms with E-state index in [-0.39, 0.29) is 17.4 Å². The highest BCUT2D eigenvalue weighted by Crippen LogP contribution is 2.21. The second kappa shape index (κ2) is 10.7. The third-order valence-corrected chi connectivity index (χ3v) is 5.36. The van der Waals surface area contributed by atoms with Crippen LogP contribution in [0.25, 0.3) is 0 Å². The van der Waals surface area contributed by atoms with Gasteiger partial charge in [-0.3, -0.25) is 9.52 Å². The summed E-state index contributed by atoms with van der Waals surface area (Å²) in [5.74, 6) is 1.40. The van der Waals surface area contributed by atoms with Gasteiger partial charge in [-0.1, -0.05) is 13.8 Å². The maximum Gasteiger partial charge on any atom is 0.261 e. The fourth-order valence-electron chi connectivity index (χ4n) is 2.42. The molecule has 0 aliphatic rings. The van der Waals surface area contributed by atoms with Crippen LogP contribution in [0.3, 0.4) is 0 Å². The summed E-state index contributed by atoms with van der Waals surface area (Å²) in [4.78, 5) is 11.8. The second-order valence-electron chi connectivity index (χ2n) is 6.86. The number of nitrogens with one attached hydrogen (secondary N) is 2. The first-order valence-electron chi connectivity index (χ1n) is 9.55. The summed E-state index contributed by atoms with van der Waals surface area (Å²) in [7, 11) is -3.73. The SMILES string of the molecule is CCOc1ccc(NS(=O)(=O)c2ccc(OCC(=O)NCCC(C)C)cc2)cc1. The van der Waals surface area contributed by atoms with Crippen LogP contribution in [0.2, 0.25) is 0 Å². The predicted octanol–water partition coefficient (Wildman–Crippen LogP) is 3.43. The van der Waals surface area contributed by atoms with Crippen LogP contribution in [-0.2, 0) is 14.8 Å². The van der Waals surface area contributed by atoms with Crippen LogP contribution in [0.5, 0.6) is 11.5 Å². The maximum atomic E-state index is 12.5. The Morgan fingerprint density at radius 3 is 2.14 bits per heavy atom. The lowest BCUT2D eigenvalue weighted by atomic mass is 10.1. The lowest BCUT2D eigenvalue weighted by molar-refractivity contribution is -0.123. The molecule has 0 fully saturated rings. The van der Waals surface area contributed by atoms with E-state index in [4.69, 9.17) is 9.47 Å². The van der Waals surface area contributed by atoms with E-state index >= 15 is 0 Å². The number of ether oxygens (including phenoxy) is 2. The molecule has 29 heavy (non-hydrogen) atoms. The van der Waals surface area contributed by atoms with Crippen LogP contribution in [-0.4, -0.2) is 34.1 Å². The van der Waals surface area contributed by atoms with Gasteiger partial charge in [0.25, 0.3) is 15.9 Å². The summed E-state index contributed by atoms with van der Waals surface area (Å²) in [6, 6.07) is 12.6. The van der Waals surface area contributed by atoms with E-state index in [0.29, 0.717) is 36.3 Å². The minimum atomic E-state index is -3.73. The van der Waals surface area contributed by atoms with Gasteiger partial charge in [0.05, 0.1) is 11.5 Å². The molecular weight excluding hydrogens is 392 g/mol. The number of carbonyl (C=O) groups excluding carboxylic acids is 1. The van der Waals surface area contributed by atoms with E-state index in [1.54, 1.807) is 24.3 Å². The highest BCUT2D eigenvalue weighted by atomic mass is 32.2. The zero-order valence-corrected chi connectivity index (χ0v) is 17.8. The van der Waals surface area contributed by atoms with Crippen molar-refractivity contribution >= 4 is 21.6 Å². The van der Waals surface area contributed by atoms with E-state index in [0.717, 1.165) is 6.42 Å². The molecule has 0 saturated carbocycles. The van der Waals surface area contributed by atoms with Gasteiger partial charge < -0.3 is 14.8 Å². The fourth-order valence-corrected chi connectivity index (χ4v) is 3.47. The standard InChI is InChI=1S/C21H28N2O5S/c1-4-27-18-7-5-17(6-8-18)23-29(25,26)20-11-9-19(10-12-20)28-15-21(24)22-14-13-16(2)3/h5-12,16,23H,4,13-15H2,1-3H3,(H,22,24). The Kier molecular flexibility index (Phi) is 8.33. The number of hydrogen-bond donors (Lipinski definition) is 2. The highest BCUT2D eigenvalue weighted by molar-refractivity contribution is 7.92. The van der Waals surface area contributed by atoms with E-state index in [1.807, 2.05) is 6.92 Å². The molecule has 0 saturated heterocycles. The van der Waals surface area contributed by atoms with Crippen LogP contribution >= 0.6 is 0 Å². The molecule has 0 atom stereocenters. The molecule has 2 aromatic carbocycles. The van der Waals surface area contributed by atoms with Crippen molar-refractivity contribution in [1.82, 2.24) is 5.32 Å². The number of rotatable bonds is 11. The van der Waals surface area contributed by atoms with Crippen LogP contribution in [0.1, 0.15) is 27.2 Å². The lowest BCUT2D eigenvalue weighted by Gasteiger charge is -2.11.